The highest BCUT2D eigenvalue weighted by atomic mass is 16.5. The van der Waals surface area contributed by atoms with Gasteiger partial charge in [0, 0.05) is 18.8 Å². The summed E-state index contributed by atoms with van der Waals surface area (Å²) >= 11 is 0. The maximum atomic E-state index is 12.9. The van der Waals surface area contributed by atoms with Gasteiger partial charge in [-0.25, -0.2) is 4.99 Å². The average Bonchev–Trinajstić information content (AvgIpc) is 3.06. The van der Waals surface area contributed by atoms with Crippen molar-refractivity contribution < 1.29 is 14.3 Å². The van der Waals surface area contributed by atoms with E-state index in [4.69, 9.17) is 9.73 Å². The molecular weight excluding hydrogens is 338 g/mol. The summed E-state index contributed by atoms with van der Waals surface area (Å²) in [7, 11) is 0. The molecule has 1 aliphatic heterocycles. The van der Waals surface area contributed by atoms with Crippen molar-refractivity contribution in [2.24, 2.45) is 33.6 Å². The molecule has 3 saturated carbocycles. The fourth-order valence-corrected chi connectivity index (χ4v) is 8.08. The van der Waals surface area contributed by atoms with Crippen molar-refractivity contribution in [2.75, 3.05) is 0 Å². The van der Waals surface area contributed by atoms with Gasteiger partial charge in [-0.15, -0.1) is 0 Å². The summed E-state index contributed by atoms with van der Waals surface area (Å²) in [6, 6.07) is 0. The number of hydrogen-bond acceptors (Lipinski definition) is 4. The fraction of sp³-hybridized carbons (Fsp3) is 0.783. The van der Waals surface area contributed by atoms with Crippen LogP contribution in [-0.4, -0.2) is 29.1 Å². The number of nitrogens with zero attached hydrogens (tertiary/aromatic N) is 1. The van der Waals surface area contributed by atoms with E-state index in [-0.39, 0.29) is 22.7 Å². The van der Waals surface area contributed by atoms with Crippen LogP contribution in [0.15, 0.2) is 16.6 Å². The van der Waals surface area contributed by atoms with Gasteiger partial charge in [0.25, 0.3) is 0 Å². The Morgan fingerprint density at radius 1 is 1.19 bits per heavy atom. The highest BCUT2D eigenvalue weighted by Gasteiger charge is 2.72. The molecule has 0 N–H and O–H groups in total. The van der Waals surface area contributed by atoms with E-state index >= 15 is 0 Å². The SMILES string of the molecule is CC(=O)C12N=C(C)OC1CC1C3CCC4=CC(=O)CCC4(C)C3CCC12C. The number of aliphatic imine (C=N–C) groups is 1. The van der Waals surface area contributed by atoms with Gasteiger partial charge >= 0.3 is 0 Å². The first-order valence-electron chi connectivity index (χ1n) is 10.7. The number of fused-ring (bicyclic) bond motifs is 7. The van der Waals surface area contributed by atoms with Crippen LogP contribution in [0.1, 0.15) is 72.6 Å². The van der Waals surface area contributed by atoms with Crippen LogP contribution in [0, 0.1) is 28.6 Å². The van der Waals surface area contributed by atoms with Crippen LogP contribution < -0.4 is 0 Å². The Bertz CT molecular complexity index is 797. The van der Waals surface area contributed by atoms with Crippen LogP contribution in [-0.2, 0) is 14.3 Å². The molecular formula is C23H31NO3. The highest BCUT2D eigenvalue weighted by molar-refractivity contribution is 5.94. The number of carbonyl (C=O) groups is 2. The molecule has 0 aromatic rings. The molecule has 0 radical (unpaired) electrons. The Morgan fingerprint density at radius 2 is 1.96 bits per heavy atom. The molecule has 5 aliphatic rings. The quantitative estimate of drug-likeness (QED) is 0.693. The smallest absolute Gasteiger partial charge is 0.181 e. The van der Waals surface area contributed by atoms with Crippen molar-refractivity contribution in [3.63, 3.8) is 0 Å². The van der Waals surface area contributed by atoms with E-state index < -0.39 is 5.54 Å². The molecule has 0 saturated heterocycles. The van der Waals surface area contributed by atoms with Crippen molar-refractivity contribution >= 4 is 17.5 Å². The topological polar surface area (TPSA) is 55.7 Å². The molecule has 0 aromatic heterocycles. The Balaban J connectivity index is 1.56. The van der Waals surface area contributed by atoms with Gasteiger partial charge in [0.15, 0.2) is 23.0 Å². The molecule has 7 atom stereocenters. The van der Waals surface area contributed by atoms with Crippen LogP contribution in [0.2, 0.25) is 0 Å². The number of hydrogen-bond donors (Lipinski definition) is 0. The Morgan fingerprint density at radius 3 is 2.70 bits per heavy atom. The van der Waals surface area contributed by atoms with Gasteiger partial charge < -0.3 is 4.74 Å². The zero-order valence-corrected chi connectivity index (χ0v) is 17.0. The molecule has 0 bridgehead atoms. The molecule has 5 rings (SSSR count). The van der Waals surface area contributed by atoms with Gasteiger partial charge in [-0.1, -0.05) is 19.4 Å². The summed E-state index contributed by atoms with van der Waals surface area (Å²) in [5.74, 6) is 2.89. The van der Waals surface area contributed by atoms with E-state index in [1.54, 1.807) is 6.92 Å². The van der Waals surface area contributed by atoms with E-state index in [0.29, 0.717) is 35.9 Å². The number of rotatable bonds is 1. The van der Waals surface area contributed by atoms with Crippen LogP contribution in [0.5, 0.6) is 0 Å². The van der Waals surface area contributed by atoms with Gasteiger partial charge in [-0.2, -0.15) is 0 Å². The van der Waals surface area contributed by atoms with Gasteiger partial charge in [0.05, 0.1) is 0 Å². The Hall–Kier alpha value is -1.45. The second kappa shape index (κ2) is 5.33. The third kappa shape index (κ3) is 1.97. The van der Waals surface area contributed by atoms with Gasteiger partial charge in [-0.3, -0.25) is 9.59 Å². The Labute approximate surface area is 161 Å². The minimum Gasteiger partial charge on any atom is -0.475 e. The molecule has 7 unspecified atom stereocenters. The molecule has 3 fully saturated rings. The van der Waals surface area contributed by atoms with Crippen molar-refractivity contribution in [2.45, 2.75) is 84.3 Å². The molecule has 4 aliphatic carbocycles. The van der Waals surface area contributed by atoms with Crippen LogP contribution in [0.4, 0.5) is 0 Å². The first-order chi connectivity index (χ1) is 12.7. The third-order valence-corrected chi connectivity index (χ3v) is 9.34. The van der Waals surface area contributed by atoms with Crippen LogP contribution in [0.25, 0.3) is 0 Å². The molecule has 1 heterocycles. The van der Waals surface area contributed by atoms with Crippen LogP contribution in [0.3, 0.4) is 0 Å². The normalized spacial score (nSPS) is 50.6. The zero-order valence-electron chi connectivity index (χ0n) is 17.0. The maximum absolute atomic E-state index is 12.9. The predicted octanol–water partition coefficient (Wildman–Crippen LogP) is 4.27. The molecule has 27 heavy (non-hydrogen) atoms. The molecule has 0 amide bonds. The zero-order chi connectivity index (χ0) is 19.2. The lowest BCUT2D eigenvalue weighted by Gasteiger charge is -2.58. The lowest BCUT2D eigenvalue weighted by Crippen LogP contribution is -2.57. The predicted molar refractivity (Wildman–Crippen MR) is 103 cm³/mol. The van der Waals surface area contributed by atoms with Gasteiger partial charge in [-0.05, 0) is 74.7 Å². The lowest BCUT2D eigenvalue weighted by molar-refractivity contribution is -0.132. The first kappa shape index (κ1) is 17.6. The minimum atomic E-state index is -0.674. The van der Waals surface area contributed by atoms with Gasteiger partial charge in [0.1, 0.15) is 6.10 Å². The van der Waals surface area contributed by atoms with Crippen molar-refractivity contribution in [1.82, 2.24) is 0 Å². The molecule has 4 heteroatoms. The summed E-state index contributed by atoms with van der Waals surface area (Å²) in [4.78, 5) is 29.8. The van der Waals surface area contributed by atoms with E-state index in [2.05, 4.69) is 13.8 Å². The monoisotopic (exact) mass is 369 g/mol. The number of Topliss-reactive ketones (excluding diaryl/α,β-unsaturated/α-hetero) is 1. The lowest BCUT2D eigenvalue weighted by atomic mass is 9.46. The standard InChI is InChI=1S/C23H31NO3/c1-13(25)23-20(27-14(2)24-23)12-19-17-6-5-15-11-16(26)7-9-21(15,3)18(17)8-10-22(19,23)4/h11,17-20H,5-10,12H2,1-4H3. The van der Waals surface area contributed by atoms with Crippen molar-refractivity contribution in [3.05, 3.63) is 11.6 Å². The van der Waals surface area contributed by atoms with E-state index in [1.807, 2.05) is 13.0 Å². The van der Waals surface area contributed by atoms with Crippen molar-refractivity contribution in [1.29, 1.82) is 0 Å². The van der Waals surface area contributed by atoms with Crippen LogP contribution >= 0.6 is 0 Å². The second-order valence-electron chi connectivity index (χ2n) is 10.2. The van der Waals surface area contributed by atoms with E-state index in [1.165, 1.54) is 5.57 Å². The fourth-order valence-electron chi connectivity index (χ4n) is 8.08. The summed E-state index contributed by atoms with van der Waals surface area (Å²) in [5.41, 5.74) is 0.781. The molecule has 146 valence electrons. The second-order valence-corrected chi connectivity index (χ2v) is 10.2. The number of ether oxygens (including phenoxy) is 1. The first-order valence-corrected chi connectivity index (χ1v) is 10.7. The molecule has 0 aromatic carbocycles. The number of ketones is 2. The summed E-state index contributed by atoms with van der Waals surface area (Å²) in [5, 5.41) is 0. The van der Waals surface area contributed by atoms with E-state index in [0.717, 1.165) is 38.5 Å². The summed E-state index contributed by atoms with van der Waals surface area (Å²) in [6.45, 7) is 8.33. The maximum Gasteiger partial charge on any atom is 0.181 e. The highest BCUT2D eigenvalue weighted by Crippen LogP contribution is 2.69. The van der Waals surface area contributed by atoms with E-state index in [9.17, 15) is 9.59 Å². The van der Waals surface area contributed by atoms with Gasteiger partial charge in [0.2, 0.25) is 0 Å². The molecule has 0 spiro atoms. The minimum absolute atomic E-state index is 0.0820. The number of allylic oxidation sites excluding steroid dienone is 1. The summed E-state index contributed by atoms with van der Waals surface area (Å²) < 4.78 is 6.11. The average molecular weight is 370 g/mol. The third-order valence-electron chi connectivity index (χ3n) is 9.34. The molecule has 4 nitrogen and oxygen atoms in total. The largest absolute Gasteiger partial charge is 0.475 e. The van der Waals surface area contributed by atoms with Crippen molar-refractivity contribution in [3.8, 4) is 0 Å². The summed E-state index contributed by atoms with van der Waals surface area (Å²) in [6.07, 6.45) is 8.87. The Kier molecular flexibility index (Phi) is 3.48. The number of carbonyl (C=O) groups excluding carboxylic acids is 2.